The number of amides is 2. The zero-order valence-electron chi connectivity index (χ0n) is 20.0. The van der Waals surface area contributed by atoms with Gasteiger partial charge in [-0.2, -0.15) is 0 Å². The summed E-state index contributed by atoms with van der Waals surface area (Å²) in [5.74, 6) is -0.607. The van der Waals surface area contributed by atoms with Crippen molar-refractivity contribution >= 4 is 51.0 Å². The molecule has 0 radical (unpaired) electrons. The first-order valence-corrected chi connectivity index (χ1v) is 12.9. The molecule has 1 heterocycles. The molecule has 0 saturated carbocycles. The maximum absolute atomic E-state index is 13.1. The molecule has 188 valence electrons. The number of esters is 1. The zero-order valence-corrected chi connectivity index (χ0v) is 22.4. The van der Waals surface area contributed by atoms with E-state index in [1.54, 1.807) is 17.0 Å². The van der Waals surface area contributed by atoms with Gasteiger partial charge in [-0.05, 0) is 42.8 Å². The van der Waals surface area contributed by atoms with Crippen molar-refractivity contribution in [1.82, 2.24) is 15.5 Å². The van der Waals surface area contributed by atoms with Crippen molar-refractivity contribution in [2.24, 2.45) is 5.92 Å². The summed E-state index contributed by atoms with van der Waals surface area (Å²) in [6, 6.07) is 4.37. The summed E-state index contributed by atoms with van der Waals surface area (Å²) in [5, 5.41) is 5.52. The maximum Gasteiger partial charge on any atom is 0.308 e. The molecule has 1 aliphatic heterocycles. The molecule has 1 atom stereocenters. The van der Waals surface area contributed by atoms with Gasteiger partial charge in [0.05, 0.1) is 25.2 Å². The number of halogens is 1. The third-order valence-electron chi connectivity index (χ3n) is 5.19. The Morgan fingerprint density at radius 2 is 2.06 bits per heavy atom. The molecule has 0 spiro atoms. The highest BCUT2D eigenvalue weighted by molar-refractivity contribution is 9.10. The van der Waals surface area contributed by atoms with Gasteiger partial charge in [0.25, 0.3) is 5.91 Å². The van der Waals surface area contributed by atoms with E-state index in [0.29, 0.717) is 31.0 Å². The van der Waals surface area contributed by atoms with E-state index < -0.39 is 17.9 Å². The van der Waals surface area contributed by atoms with Gasteiger partial charge in [0.15, 0.2) is 5.11 Å². The van der Waals surface area contributed by atoms with E-state index in [2.05, 4.69) is 33.5 Å². The van der Waals surface area contributed by atoms with Crippen LogP contribution in [0.3, 0.4) is 0 Å². The van der Waals surface area contributed by atoms with Crippen LogP contribution in [-0.2, 0) is 14.3 Å². The average molecular weight is 557 g/mol. The van der Waals surface area contributed by atoms with Gasteiger partial charge in [-0.3, -0.25) is 19.7 Å². The van der Waals surface area contributed by atoms with Crippen LogP contribution in [0.4, 0.5) is 0 Å². The number of carbonyl (C=O) groups excluding carboxylic acids is 3. The number of piperazine rings is 1. The molecular weight excluding hydrogens is 522 g/mol. The minimum atomic E-state index is -0.849. The van der Waals surface area contributed by atoms with Crippen LogP contribution in [0.1, 0.15) is 63.2 Å². The Balaban J connectivity index is 2.06. The Labute approximate surface area is 215 Å². The van der Waals surface area contributed by atoms with Gasteiger partial charge in [0.2, 0.25) is 5.91 Å². The second-order valence-corrected chi connectivity index (χ2v) is 9.89. The Bertz CT molecular complexity index is 880. The molecule has 0 aromatic heterocycles. The Hall–Kier alpha value is -2.20. The molecule has 1 aromatic rings. The summed E-state index contributed by atoms with van der Waals surface area (Å²) in [5.41, 5.74) is 0.335. The van der Waals surface area contributed by atoms with E-state index in [-0.39, 0.29) is 30.0 Å². The van der Waals surface area contributed by atoms with E-state index in [0.717, 1.165) is 30.2 Å². The second-order valence-electron chi connectivity index (χ2n) is 8.59. The lowest BCUT2D eigenvalue weighted by Gasteiger charge is -2.36. The molecule has 0 bridgehead atoms. The third-order valence-corrected chi connectivity index (χ3v) is 6.02. The molecule has 2 rings (SSSR count). The van der Waals surface area contributed by atoms with Crippen molar-refractivity contribution in [3.63, 3.8) is 0 Å². The van der Waals surface area contributed by atoms with E-state index in [1.165, 1.54) is 0 Å². The zero-order chi connectivity index (χ0) is 25.1. The third kappa shape index (κ3) is 8.87. The number of carbonyl (C=O) groups is 3. The van der Waals surface area contributed by atoms with Crippen molar-refractivity contribution in [2.75, 3.05) is 26.3 Å². The number of nitrogens with zero attached hydrogens (tertiary/aromatic N) is 1. The van der Waals surface area contributed by atoms with Crippen molar-refractivity contribution in [3.8, 4) is 5.75 Å². The maximum atomic E-state index is 13.1. The van der Waals surface area contributed by atoms with Crippen molar-refractivity contribution in [1.29, 1.82) is 0 Å². The average Bonchev–Trinajstić information content (AvgIpc) is 2.79. The van der Waals surface area contributed by atoms with Gasteiger partial charge in [-0.25, -0.2) is 0 Å². The number of nitrogens with one attached hydrogen (secondary N) is 2. The van der Waals surface area contributed by atoms with Crippen LogP contribution >= 0.6 is 28.1 Å². The molecule has 2 N–H and O–H groups in total. The fourth-order valence-electron chi connectivity index (χ4n) is 3.39. The summed E-state index contributed by atoms with van der Waals surface area (Å²) in [4.78, 5) is 39.3. The number of rotatable bonds is 11. The summed E-state index contributed by atoms with van der Waals surface area (Å²) in [6.07, 6.45) is 4.09. The van der Waals surface area contributed by atoms with E-state index in [4.69, 9.17) is 21.7 Å². The summed E-state index contributed by atoms with van der Waals surface area (Å²) in [6.45, 7) is 7.52. The molecule has 1 fully saturated rings. The molecule has 1 aromatic carbocycles. The lowest BCUT2D eigenvalue weighted by atomic mass is 10.1. The molecule has 1 unspecified atom stereocenters. The van der Waals surface area contributed by atoms with Crippen LogP contribution in [0.15, 0.2) is 22.7 Å². The van der Waals surface area contributed by atoms with Crippen LogP contribution in [0.2, 0.25) is 0 Å². The van der Waals surface area contributed by atoms with Gasteiger partial charge in [0.1, 0.15) is 11.8 Å². The predicted molar refractivity (Wildman–Crippen MR) is 138 cm³/mol. The van der Waals surface area contributed by atoms with Crippen LogP contribution in [0.5, 0.6) is 5.75 Å². The topological polar surface area (TPSA) is 97.0 Å². The summed E-state index contributed by atoms with van der Waals surface area (Å²) in [7, 11) is 0. The molecule has 8 nitrogen and oxygen atoms in total. The molecule has 1 aliphatic rings. The monoisotopic (exact) mass is 555 g/mol. The number of unbranched alkanes of at least 4 members (excludes halogenated alkanes) is 3. The van der Waals surface area contributed by atoms with Gasteiger partial charge in [-0.1, -0.05) is 56.0 Å². The molecular formula is C24H34BrN3O5S. The van der Waals surface area contributed by atoms with E-state index in [9.17, 15) is 14.4 Å². The van der Waals surface area contributed by atoms with Crippen molar-refractivity contribution in [2.45, 2.75) is 58.9 Å². The quantitative estimate of drug-likeness (QED) is 0.243. The predicted octanol–water partition coefficient (Wildman–Crippen LogP) is 3.81. The normalized spacial score (nSPS) is 15.6. The Morgan fingerprint density at radius 1 is 1.29 bits per heavy atom. The van der Waals surface area contributed by atoms with Crippen LogP contribution in [0.25, 0.3) is 0 Å². The SMILES string of the molecule is CCCCCCOc1ccc(Br)cc1C(=O)NC(=S)N1CCNC(=O)C1CC(=O)OCC(C)C. The fourth-order valence-corrected chi connectivity index (χ4v) is 4.06. The Morgan fingerprint density at radius 3 is 2.76 bits per heavy atom. The molecule has 0 aliphatic carbocycles. The highest BCUT2D eigenvalue weighted by Gasteiger charge is 2.34. The standard InChI is InChI=1S/C24H34BrN3O5S/c1-4-5-6-7-12-32-20-9-8-17(25)13-18(20)22(30)27-24(34)28-11-10-26-23(31)19(28)14-21(29)33-15-16(2)3/h8-9,13,16,19H,4-7,10-12,14-15H2,1-3H3,(H,26,31)(H,27,30,34). The fraction of sp³-hybridized carbons (Fsp3) is 0.583. The first-order valence-electron chi connectivity index (χ1n) is 11.7. The first-order chi connectivity index (χ1) is 16.2. The largest absolute Gasteiger partial charge is 0.493 e. The summed E-state index contributed by atoms with van der Waals surface area (Å²) < 4.78 is 11.8. The minimum absolute atomic E-state index is 0.0791. The molecule has 34 heavy (non-hydrogen) atoms. The van der Waals surface area contributed by atoms with Gasteiger partial charge in [0, 0.05) is 17.6 Å². The van der Waals surface area contributed by atoms with Crippen molar-refractivity contribution < 1.29 is 23.9 Å². The minimum Gasteiger partial charge on any atom is -0.493 e. The lowest BCUT2D eigenvalue weighted by molar-refractivity contribution is -0.148. The molecule has 1 saturated heterocycles. The van der Waals surface area contributed by atoms with E-state index in [1.807, 2.05) is 19.9 Å². The lowest BCUT2D eigenvalue weighted by Crippen LogP contribution is -2.60. The number of thiocarbonyl (C=S) groups is 1. The number of hydrogen-bond donors (Lipinski definition) is 2. The number of hydrogen-bond acceptors (Lipinski definition) is 6. The first kappa shape index (κ1) is 28.0. The smallest absolute Gasteiger partial charge is 0.308 e. The van der Waals surface area contributed by atoms with Crippen LogP contribution in [0, 0.1) is 5.92 Å². The second kappa shape index (κ2) is 14.3. The molecule has 10 heteroatoms. The van der Waals surface area contributed by atoms with E-state index >= 15 is 0 Å². The van der Waals surface area contributed by atoms with Gasteiger partial charge >= 0.3 is 5.97 Å². The number of ether oxygens (including phenoxy) is 2. The van der Waals surface area contributed by atoms with Crippen LogP contribution in [-0.4, -0.2) is 60.1 Å². The summed E-state index contributed by atoms with van der Waals surface area (Å²) >= 11 is 8.86. The van der Waals surface area contributed by atoms with Gasteiger partial charge in [-0.15, -0.1) is 0 Å². The van der Waals surface area contributed by atoms with Gasteiger partial charge < -0.3 is 19.7 Å². The molecule has 2 amide bonds. The highest BCUT2D eigenvalue weighted by atomic mass is 79.9. The Kier molecular flexibility index (Phi) is 11.8. The highest BCUT2D eigenvalue weighted by Crippen LogP contribution is 2.24. The number of benzene rings is 1. The van der Waals surface area contributed by atoms with Crippen LogP contribution < -0.4 is 15.4 Å². The van der Waals surface area contributed by atoms with Crippen molar-refractivity contribution in [3.05, 3.63) is 28.2 Å².